The van der Waals surface area contributed by atoms with Crippen molar-refractivity contribution in [1.29, 1.82) is 0 Å². The van der Waals surface area contributed by atoms with E-state index in [-0.39, 0.29) is 5.69 Å². The standard InChI is InChI=1S/C27H23N5O/c28-15-19-6-5-7-20(14-19)17-30-18-26(22-9-2-4-11-24(22)30)32-13-12-31(27(32)33)25-16-29-23-10-3-1-8-21(23)25/h1-14,16,18,29H,15,17,28H2. The number of para-hydroxylation sites is 2. The lowest BCUT2D eigenvalue weighted by Gasteiger charge is -2.07. The summed E-state index contributed by atoms with van der Waals surface area (Å²) in [4.78, 5) is 16.7. The van der Waals surface area contributed by atoms with E-state index >= 15 is 0 Å². The van der Waals surface area contributed by atoms with E-state index in [0.29, 0.717) is 13.1 Å². The molecule has 3 N–H and O–H groups in total. The normalized spacial score (nSPS) is 11.5. The zero-order valence-electron chi connectivity index (χ0n) is 18.0. The smallest absolute Gasteiger partial charge is 0.337 e. The van der Waals surface area contributed by atoms with Gasteiger partial charge in [0.05, 0.1) is 16.9 Å². The Hall–Kier alpha value is -4.29. The van der Waals surface area contributed by atoms with Gasteiger partial charge in [0.15, 0.2) is 0 Å². The highest BCUT2D eigenvalue weighted by Crippen LogP contribution is 2.26. The summed E-state index contributed by atoms with van der Waals surface area (Å²) in [5, 5.41) is 2.05. The highest BCUT2D eigenvalue weighted by Gasteiger charge is 2.15. The Morgan fingerprint density at radius 3 is 2.36 bits per heavy atom. The Balaban J connectivity index is 1.47. The molecular formula is C27H23N5O. The van der Waals surface area contributed by atoms with E-state index in [4.69, 9.17) is 5.73 Å². The van der Waals surface area contributed by atoms with Crippen molar-refractivity contribution in [1.82, 2.24) is 18.7 Å². The Bertz CT molecular complexity index is 1660. The molecule has 0 amide bonds. The first-order valence-electron chi connectivity index (χ1n) is 11.0. The molecule has 3 aromatic heterocycles. The molecule has 0 saturated carbocycles. The Labute approximate surface area is 190 Å². The number of nitrogens with zero attached hydrogens (tertiary/aromatic N) is 3. The van der Waals surface area contributed by atoms with Gasteiger partial charge >= 0.3 is 5.69 Å². The molecule has 162 valence electrons. The molecule has 3 heterocycles. The number of fused-ring (bicyclic) bond motifs is 2. The number of hydrogen-bond donors (Lipinski definition) is 2. The van der Waals surface area contributed by atoms with Crippen molar-refractivity contribution in [3.8, 4) is 11.4 Å². The van der Waals surface area contributed by atoms with Crippen LogP contribution < -0.4 is 11.4 Å². The fourth-order valence-corrected chi connectivity index (χ4v) is 4.60. The molecule has 0 aliphatic carbocycles. The Morgan fingerprint density at radius 2 is 1.52 bits per heavy atom. The quantitative estimate of drug-likeness (QED) is 0.418. The van der Waals surface area contributed by atoms with E-state index in [1.165, 1.54) is 5.56 Å². The first-order chi connectivity index (χ1) is 16.2. The van der Waals surface area contributed by atoms with E-state index in [2.05, 4.69) is 40.0 Å². The summed E-state index contributed by atoms with van der Waals surface area (Å²) < 4.78 is 5.60. The molecule has 0 aliphatic heterocycles. The Morgan fingerprint density at radius 1 is 0.788 bits per heavy atom. The highest BCUT2D eigenvalue weighted by atomic mass is 16.1. The topological polar surface area (TPSA) is 73.7 Å². The molecule has 0 saturated heterocycles. The maximum Gasteiger partial charge on any atom is 0.337 e. The van der Waals surface area contributed by atoms with Crippen LogP contribution in [0.5, 0.6) is 0 Å². The summed E-state index contributed by atoms with van der Waals surface area (Å²) in [7, 11) is 0. The van der Waals surface area contributed by atoms with Crippen LogP contribution in [-0.2, 0) is 13.1 Å². The second-order valence-corrected chi connectivity index (χ2v) is 8.22. The monoisotopic (exact) mass is 433 g/mol. The molecule has 6 heteroatoms. The number of H-pyrrole nitrogens is 1. The fraction of sp³-hybridized carbons (Fsp3) is 0.0741. The van der Waals surface area contributed by atoms with Crippen LogP contribution in [0.3, 0.4) is 0 Å². The predicted octanol–water partition coefficient (Wildman–Crippen LogP) is 4.57. The van der Waals surface area contributed by atoms with Gasteiger partial charge in [-0.1, -0.05) is 60.7 Å². The average Bonchev–Trinajstić information content (AvgIpc) is 3.54. The fourth-order valence-electron chi connectivity index (χ4n) is 4.60. The predicted molar refractivity (Wildman–Crippen MR) is 132 cm³/mol. The largest absolute Gasteiger partial charge is 0.359 e. The first-order valence-corrected chi connectivity index (χ1v) is 11.0. The van der Waals surface area contributed by atoms with E-state index in [9.17, 15) is 4.79 Å². The molecule has 0 atom stereocenters. The second kappa shape index (κ2) is 7.69. The van der Waals surface area contributed by atoms with Crippen LogP contribution in [0, 0.1) is 0 Å². The number of rotatable bonds is 5. The molecule has 0 unspecified atom stereocenters. The molecule has 0 radical (unpaired) electrons. The molecule has 6 aromatic rings. The zero-order chi connectivity index (χ0) is 22.4. The van der Waals surface area contributed by atoms with Crippen LogP contribution in [0.15, 0.2) is 102 Å². The van der Waals surface area contributed by atoms with Crippen molar-refractivity contribution < 1.29 is 0 Å². The van der Waals surface area contributed by atoms with E-state index < -0.39 is 0 Å². The molecule has 3 aromatic carbocycles. The molecule has 6 rings (SSSR count). The highest BCUT2D eigenvalue weighted by molar-refractivity contribution is 5.90. The lowest BCUT2D eigenvalue weighted by Crippen LogP contribution is -2.21. The first kappa shape index (κ1) is 19.4. The molecule has 0 spiro atoms. The van der Waals surface area contributed by atoms with E-state index in [1.807, 2.05) is 67.1 Å². The SMILES string of the molecule is NCc1cccc(Cn2cc(-n3ccn(-c4c[nH]c5ccccc45)c3=O)c3ccccc32)c1. The van der Waals surface area contributed by atoms with Gasteiger partial charge < -0.3 is 15.3 Å². The third-order valence-electron chi connectivity index (χ3n) is 6.21. The third kappa shape index (κ3) is 3.20. The van der Waals surface area contributed by atoms with Gasteiger partial charge in [-0.05, 0) is 23.3 Å². The van der Waals surface area contributed by atoms with Crippen molar-refractivity contribution in [2.24, 2.45) is 5.73 Å². The van der Waals surface area contributed by atoms with Gasteiger partial charge in [0.2, 0.25) is 0 Å². The maximum absolute atomic E-state index is 13.5. The number of imidazole rings is 1. The minimum absolute atomic E-state index is 0.104. The summed E-state index contributed by atoms with van der Waals surface area (Å²) in [5.41, 5.74) is 11.8. The van der Waals surface area contributed by atoms with Gasteiger partial charge in [-0.2, -0.15) is 0 Å². The van der Waals surface area contributed by atoms with Crippen LogP contribution in [0.2, 0.25) is 0 Å². The molecule has 0 fully saturated rings. The number of aromatic nitrogens is 4. The van der Waals surface area contributed by atoms with Gasteiger partial charge in [-0.3, -0.25) is 9.13 Å². The minimum Gasteiger partial charge on any atom is -0.359 e. The average molecular weight is 434 g/mol. The van der Waals surface area contributed by atoms with Crippen molar-refractivity contribution >= 4 is 21.8 Å². The van der Waals surface area contributed by atoms with Crippen molar-refractivity contribution in [3.63, 3.8) is 0 Å². The van der Waals surface area contributed by atoms with Crippen LogP contribution >= 0.6 is 0 Å². The van der Waals surface area contributed by atoms with Crippen molar-refractivity contribution in [3.05, 3.63) is 119 Å². The second-order valence-electron chi connectivity index (χ2n) is 8.22. The summed E-state index contributed by atoms with van der Waals surface area (Å²) in [6.07, 6.45) is 7.60. The molecule has 33 heavy (non-hydrogen) atoms. The van der Waals surface area contributed by atoms with Crippen LogP contribution in [0.1, 0.15) is 11.1 Å². The van der Waals surface area contributed by atoms with Crippen LogP contribution in [-0.4, -0.2) is 18.7 Å². The van der Waals surface area contributed by atoms with Crippen molar-refractivity contribution in [2.75, 3.05) is 0 Å². The number of benzene rings is 3. The number of nitrogens with one attached hydrogen (secondary N) is 1. The summed E-state index contributed by atoms with van der Waals surface area (Å²) in [6, 6.07) is 24.5. The number of hydrogen-bond acceptors (Lipinski definition) is 2. The molecule has 0 bridgehead atoms. The van der Waals surface area contributed by atoms with Gasteiger partial charge in [0.1, 0.15) is 0 Å². The summed E-state index contributed by atoms with van der Waals surface area (Å²) in [6.45, 7) is 1.22. The lowest BCUT2D eigenvalue weighted by molar-refractivity contribution is 0.824. The van der Waals surface area contributed by atoms with E-state index in [1.54, 1.807) is 9.13 Å². The summed E-state index contributed by atoms with van der Waals surface area (Å²) >= 11 is 0. The van der Waals surface area contributed by atoms with Crippen LogP contribution in [0.4, 0.5) is 0 Å². The summed E-state index contributed by atoms with van der Waals surface area (Å²) in [5.74, 6) is 0. The molecule has 0 aliphatic rings. The third-order valence-corrected chi connectivity index (χ3v) is 6.21. The molecular weight excluding hydrogens is 410 g/mol. The number of nitrogens with two attached hydrogens (primary N) is 1. The minimum atomic E-state index is -0.104. The zero-order valence-corrected chi connectivity index (χ0v) is 18.0. The van der Waals surface area contributed by atoms with Crippen LogP contribution in [0.25, 0.3) is 33.2 Å². The van der Waals surface area contributed by atoms with Gasteiger partial charge in [0.25, 0.3) is 0 Å². The lowest BCUT2D eigenvalue weighted by atomic mass is 10.1. The Kier molecular flexibility index (Phi) is 4.52. The molecule has 6 nitrogen and oxygen atoms in total. The van der Waals surface area contributed by atoms with Gasteiger partial charge in [-0.15, -0.1) is 0 Å². The van der Waals surface area contributed by atoms with E-state index in [0.717, 1.165) is 38.7 Å². The van der Waals surface area contributed by atoms with Crippen molar-refractivity contribution in [2.45, 2.75) is 13.1 Å². The maximum atomic E-state index is 13.5. The number of aromatic amines is 1. The van der Waals surface area contributed by atoms with Gasteiger partial charge in [0, 0.05) is 54.2 Å². The van der Waals surface area contributed by atoms with Gasteiger partial charge in [-0.25, -0.2) is 4.79 Å².